The number of amides is 2. The average molecular weight is 368 g/mol. The summed E-state index contributed by atoms with van der Waals surface area (Å²) < 4.78 is 5.40. The van der Waals surface area contributed by atoms with Crippen LogP contribution in [0.4, 0.5) is 4.79 Å². The van der Waals surface area contributed by atoms with Crippen LogP contribution in [0.25, 0.3) is 0 Å². The molecule has 1 aliphatic heterocycles. The van der Waals surface area contributed by atoms with E-state index in [0.29, 0.717) is 13.1 Å². The Morgan fingerprint density at radius 2 is 2.04 bits per heavy atom. The Morgan fingerprint density at radius 3 is 2.60 bits per heavy atom. The molecular weight excluding hydrogens is 338 g/mol. The first-order valence-corrected chi connectivity index (χ1v) is 9.56. The van der Waals surface area contributed by atoms with Crippen molar-refractivity contribution < 1.29 is 14.3 Å². The Hall–Kier alpha value is -1.63. The molecule has 0 saturated carbocycles. The number of carbonyl (C=O) groups is 2. The molecule has 1 aromatic rings. The second-order valence-electron chi connectivity index (χ2n) is 7.77. The van der Waals surface area contributed by atoms with Crippen LogP contribution in [0, 0.1) is 19.8 Å². The highest BCUT2D eigenvalue weighted by molar-refractivity contribution is 7.13. The van der Waals surface area contributed by atoms with Gasteiger partial charge in [-0.15, -0.1) is 11.3 Å². The number of carbonyl (C=O) groups excluding carboxylic acids is 2. The average Bonchev–Trinajstić information content (AvgIpc) is 2.83. The van der Waals surface area contributed by atoms with Gasteiger partial charge in [-0.3, -0.25) is 4.79 Å². The van der Waals surface area contributed by atoms with Crippen molar-refractivity contribution in [2.24, 2.45) is 5.92 Å². The molecule has 1 aromatic heterocycles. The van der Waals surface area contributed by atoms with Crippen LogP contribution in [-0.4, -0.2) is 59.1 Å². The van der Waals surface area contributed by atoms with E-state index < -0.39 is 5.60 Å². The van der Waals surface area contributed by atoms with Crippen molar-refractivity contribution in [3.05, 3.63) is 15.6 Å². The minimum absolute atomic E-state index is 0.0627. The van der Waals surface area contributed by atoms with Gasteiger partial charge in [-0.1, -0.05) is 0 Å². The van der Waals surface area contributed by atoms with Gasteiger partial charge in [0, 0.05) is 26.7 Å². The summed E-state index contributed by atoms with van der Waals surface area (Å²) in [7, 11) is 1.76. The van der Waals surface area contributed by atoms with Crippen LogP contribution in [-0.2, 0) is 4.74 Å². The zero-order chi connectivity index (χ0) is 18.8. The molecule has 0 bridgehead atoms. The van der Waals surface area contributed by atoms with Gasteiger partial charge in [0.05, 0.1) is 10.7 Å². The number of rotatable bonds is 3. The smallest absolute Gasteiger partial charge is 0.410 e. The molecule has 1 fully saturated rings. The molecule has 0 N–H and O–H groups in total. The van der Waals surface area contributed by atoms with Crippen LogP contribution in [0.15, 0.2) is 0 Å². The highest BCUT2D eigenvalue weighted by Crippen LogP contribution is 2.24. The third-order valence-corrected chi connectivity index (χ3v) is 5.20. The summed E-state index contributed by atoms with van der Waals surface area (Å²) in [5, 5.41) is 0.916. The van der Waals surface area contributed by atoms with E-state index in [1.807, 2.05) is 39.5 Å². The standard InChI is InChI=1S/C18H29N3O3S/c1-12-15(25-13(2)19-12)16(22)21-9-7-8-14(11-21)10-20(6)17(23)24-18(3,4)5/h14H,7-11H2,1-6H3. The maximum Gasteiger partial charge on any atom is 0.410 e. The Labute approximate surface area is 154 Å². The lowest BCUT2D eigenvalue weighted by Gasteiger charge is -2.35. The van der Waals surface area contributed by atoms with E-state index in [1.54, 1.807) is 11.9 Å². The Kier molecular flexibility index (Phi) is 6.08. The first-order chi connectivity index (χ1) is 11.6. The van der Waals surface area contributed by atoms with E-state index in [4.69, 9.17) is 4.74 Å². The summed E-state index contributed by atoms with van der Waals surface area (Å²) in [6.45, 7) is 11.4. The Morgan fingerprint density at radius 1 is 1.36 bits per heavy atom. The van der Waals surface area contributed by atoms with Gasteiger partial charge in [0.25, 0.3) is 5.91 Å². The highest BCUT2D eigenvalue weighted by atomic mass is 32.1. The van der Waals surface area contributed by atoms with Gasteiger partial charge in [-0.2, -0.15) is 0 Å². The lowest BCUT2D eigenvalue weighted by atomic mass is 9.97. The topological polar surface area (TPSA) is 62.7 Å². The molecule has 1 unspecified atom stereocenters. The molecule has 7 heteroatoms. The van der Waals surface area contributed by atoms with E-state index in [2.05, 4.69) is 4.98 Å². The summed E-state index contributed by atoms with van der Waals surface area (Å²) in [4.78, 5) is 33.5. The molecule has 25 heavy (non-hydrogen) atoms. The number of aromatic nitrogens is 1. The maximum absolute atomic E-state index is 12.8. The normalized spacial score (nSPS) is 18.2. The molecule has 0 radical (unpaired) electrons. The number of thiazole rings is 1. The predicted molar refractivity (Wildman–Crippen MR) is 99.1 cm³/mol. The molecule has 1 atom stereocenters. The van der Waals surface area contributed by atoms with E-state index in [1.165, 1.54) is 11.3 Å². The summed E-state index contributed by atoms with van der Waals surface area (Å²) in [6.07, 6.45) is 1.65. The number of likely N-dealkylation sites (tertiary alicyclic amines) is 1. The Balaban J connectivity index is 1.95. The molecule has 6 nitrogen and oxygen atoms in total. The van der Waals surface area contributed by atoms with Crippen molar-refractivity contribution in [3.63, 3.8) is 0 Å². The van der Waals surface area contributed by atoms with Gasteiger partial charge in [-0.05, 0) is 53.4 Å². The van der Waals surface area contributed by atoms with Gasteiger partial charge in [0.15, 0.2) is 0 Å². The molecule has 0 aromatic carbocycles. The van der Waals surface area contributed by atoms with Gasteiger partial charge in [-0.25, -0.2) is 9.78 Å². The molecule has 0 aliphatic carbocycles. The summed E-state index contributed by atoms with van der Waals surface area (Å²) in [5.74, 6) is 0.331. The second-order valence-corrected chi connectivity index (χ2v) is 8.97. The zero-order valence-corrected chi connectivity index (χ0v) is 16.9. The van der Waals surface area contributed by atoms with Gasteiger partial charge in [0.1, 0.15) is 10.5 Å². The first kappa shape index (κ1) is 19.7. The van der Waals surface area contributed by atoms with Crippen LogP contribution in [0.5, 0.6) is 0 Å². The minimum Gasteiger partial charge on any atom is -0.444 e. The lowest BCUT2D eigenvalue weighted by Crippen LogP contribution is -2.45. The fourth-order valence-electron chi connectivity index (χ4n) is 3.07. The summed E-state index contributed by atoms with van der Waals surface area (Å²) in [5.41, 5.74) is 0.307. The van der Waals surface area contributed by atoms with Crippen molar-refractivity contribution >= 4 is 23.3 Å². The lowest BCUT2D eigenvalue weighted by molar-refractivity contribution is 0.0244. The third kappa shape index (κ3) is 5.42. The minimum atomic E-state index is -0.499. The summed E-state index contributed by atoms with van der Waals surface area (Å²) >= 11 is 1.46. The first-order valence-electron chi connectivity index (χ1n) is 8.74. The van der Waals surface area contributed by atoms with E-state index in [9.17, 15) is 9.59 Å². The number of ether oxygens (including phenoxy) is 1. The quantitative estimate of drug-likeness (QED) is 0.820. The monoisotopic (exact) mass is 367 g/mol. The number of piperidine rings is 1. The largest absolute Gasteiger partial charge is 0.444 e. The van der Waals surface area contributed by atoms with Crippen molar-refractivity contribution in [3.8, 4) is 0 Å². The molecule has 2 amide bonds. The van der Waals surface area contributed by atoms with Crippen LogP contribution < -0.4 is 0 Å². The van der Waals surface area contributed by atoms with E-state index >= 15 is 0 Å². The van der Waals surface area contributed by atoms with Crippen LogP contribution in [0.3, 0.4) is 0 Å². The molecule has 1 aliphatic rings. The third-order valence-electron chi connectivity index (χ3n) is 4.14. The highest BCUT2D eigenvalue weighted by Gasteiger charge is 2.29. The number of hydrogen-bond donors (Lipinski definition) is 0. The summed E-state index contributed by atoms with van der Waals surface area (Å²) in [6, 6.07) is 0. The zero-order valence-electron chi connectivity index (χ0n) is 16.1. The predicted octanol–water partition coefficient (Wildman–Crippen LogP) is 3.48. The number of hydrogen-bond acceptors (Lipinski definition) is 5. The molecular formula is C18H29N3O3S. The SMILES string of the molecule is Cc1nc(C)c(C(=O)N2CCCC(CN(C)C(=O)OC(C)(C)C)C2)s1. The Bertz CT molecular complexity index is 636. The van der Waals surface area contributed by atoms with Gasteiger partial charge >= 0.3 is 6.09 Å². The van der Waals surface area contributed by atoms with Crippen molar-refractivity contribution in [1.82, 2.24) is 14.8 Å². The van der Waals surface area contributed by atoms with Gasteiger partial charge in [0.2, 0.25) is 0 Å². The fourth-order valence-corrected chi connectivity index (χ4v) is 3.96. The van der Waals surface area contributed by atoms with E-state index in [-0.39, 0.29) is 17.9 Å². The molecule has 2 rings (SSSR count). The number of nitrogens with zero attached hydrogens (tertiary/aromatic N) is 3. The fraction of sp³-hybridized carbons (Fsp3) is 0.722. The number of aryl methyl sites for hydroxylation is 2. The molecule has 2 heterocycles. The maximum atomic E-state index is 12.8. The van der Waals surface area contributed by atoms with Crippen molar-refractivity contribution in [1.29, 1.82) is 0 Å². The molecule has 0 spiro atoms. The van der Waals surface area contributed by atoms with Crippen molar-refractivity contribution in [2.75, 3.05) is 26.7 Å². The van der Waals surface area contributed by atoms with Crippen LogP contribution >= 0.6 is 11.3 Å². The molecule has 1 saturated heterocycles. The van der Waals surface area contributed by atoms with Crippen LogP contribution in [0.2, 0.25) is 0 Å². The second kappa shape index (κ2) is 7.72. The van der Waals surface area contributed by atoms with Gasteiger partial charge < -0.3 is 14.5 Å². The molecule has 140 valence electrons. The van der Waals surface area contributed by atoms with Crippen LogP contribution in [0.1, 0.15) is 54.0 Å². The van der Waals surface area contributed by atoms with E-state index in [0.717, 1.165) is 35.0 Å². The van der Waals surface area contributed by atoms with Crippen molar-refractivity contribution in [2.45, 2.75) is 53.1 Å².